The van der Waals surface area contributed by atoms with Gasteiger partial charge in [-0.05, 0) is 35.4 Å². The van der Waals surface area contributed by atoms with Gasteiger partial charge in [0, 0.05) is 11.6 Å². The van der Waals surface area contributed by atoms with Crippen LogP contribution in [-0.4, -0.2) is 7.11 Å². The summed E-state index contributed by atoms with van der Waals surface area (Å²) in [5.74, 6) is 0.865. The van der Waals surface area contributed by atoms with Crippen LogP contribution in [0.25, 0.3) is 0 Å². The van der Waals surface area contributed by atoms with E-state index in [-0.39, 0.29) is 0 Å². The third-order valence-electron chi connectivity index (χ3n) is 2.50. The Morgan fingerprint density at radius 2 is 1.67 bits per heavy atom. The summed E-state index contributed by atoms with van der Waals surface area (Å²) < 4.78 is 11.9. The maximum atomic E-state index is 5.76. The standard InChI is InChI=1S/C15H15BrO2/c1-17-10-13-5-3-7-15(9-13)18-11-12-4-2-6-14(16)8-12/h2-9H,10-11H2,1H3. The number of ether oxygens (including phenoxy) is 2. The minimum Gasteiger partial charge on any atom is -0.489 e. The lowest BCUT2D eigenvalue weighted by atomic mass is 10.2. The minimum absolute atomic E-state index is 0.565. The summed E-state index contributed by atoms with van der Waals surface area (Å²) in [5, 5.41) is 0. The Hall–Kier alpha value is -1.32. The maximum absolute atomic E-state index is 5.76. The zero-order valence-corrected chi connectivity index (χ0v) is 11.8. The van der Waals surface area contributed by atoms with E-state index in [0.717, 1.165) is 21.3 Å². The normalized spacial score (nSPS) is 10.3. The molecule has 0 spiro atoms. The number of hydrogen-bond donors (Lipinski definition) is 0. The van der Waals surface area contributed by atoms with Crippen LogP contribution in [0, 0.1) is 0 Å². The molecule has 0 fully saturated rings. The van der Waals surface area contributed by atoms with Crippen LogP contribution in [-0.2, 0) is 18.0 Å². The molecule has 18 heavy (non-hydrogen) atoms. The highest BCUT2D eigenvalue weighted by Crippen LogP contribution is 2.17. The second-order valence-corrected chi connectivity index (χ2v) is 4.91. The van der Waals surface area contributed by atoms with Gasteiger partial charge in [-0.15, -0.1) is 0 Å². The zero-order valence-electron chi connectivity index (χ0n) is 10.2. The zero-order chi connectivity index (χ0) is 12.8. The molecular formula is C15H15BrO2. The lowest BCUT2D eigenvalue weighted by Crippen LogP contribution is -1.96. The summed E-state index contributed by atoms with van der Waals surface area (Å²) in [6.45, 7) is 1.17. The SMILES string of the molecule is COCc1cccc(OCc2cccc(Br)c2)c1. The fraction of sp³-hybridized carbons (Fsp3) is 0.200. The van der Waals surface area contributed by atoms with E-state index >= 15 is 0 Å². The Kier molecular flexibility index (Phi) is 4.79. The molecule has 0 aliphatic heterocycles. The third-order valence-corrected chi connectivity index (χ3v) is 3.00. The van der Waals surface area contributed by atoms with Crippen molar-refractivity contribution in [2.75, 3.05) is 7.11 Å². The van der Waals surface area contributed by atoms with Gasteiger partial charge in [0.1, 0.15) is 12.4 Å². The van der Waals surface area contributed by atoms with Crippen LogP contribution in [0.1, 0.15) is 11.1 Å². The van der Waals surface area contributed by atoms with Gasteiger partial charge >= 0.3 is 0 Å². The number of rotatable bonds is 5. The summed E-state index contributed by atoms with van der Waals surface area (Å²) in [7, 11) is 1.69. The molecule has 0 saturated heterocycles. The molecule has 94 valence electrons. The lowest BCUT2D eigenvalue weighted by Gasteiger charge is -2.08. The first-order valence-corrected chi connectivity index (χ1v) is 6.52. The lowest BCUT2D eigenvalue weighted by molar-refractivity contribution is 0.184. The van der Waals surface area contributed by atoms with Gasteiger partial charge in [0.15, 0.2) is 0 Å². The number of hydrogen-bond acceptors (Lipinski definition) is 2. The van der Waals surface area contributed by atoms with Gasteiger partial charge < -0.3 is 9.47 Å². The second kappa shape index (κ2) is 6.57. The van der Waals surface area contributed by atoms with Crippen molar-refractivity contribution in [3.05, 3.63) is 64.1 Å². The fourth-order valence-electron chi connectivity index (χ4n) is 1.69. The van der Waals surface area contributed by atoms with Gasteiger partial charge in [0.05, 0.1) is 6.61 Å². The highest BCUT2D eigenvalue weighted by molar-refractivity contribution is 9.10. The molecular weight excluding hydrogens is 292 g/mol. The maximum Gasteiger partial charge on any atom is 0.120 e. The highest BCUT2D eigenvalue weighted by atomic mass is 79.9. The topological polar surface area (TPSA) is 18.5 Å². The predicted molar refractivity (Wildman–Crippen MR) is 75.6 cm³/mol. The van der Waals surface area contributed by atoms with Crippen molar-refractivity contribution in [2.24, 2.45) is 0 Å². The average molecular weight is 307 g/mol. The van der Waals surface area contributed by atoms with Crippen LogP contribution in [0.5, 0.6) is 5.75 Å². The summed E-state index contributed by atoms with van der Waals surface area (Å²) in [4.78, 5) is 0. The monoisotopic (exact) mass is 306 g/mol. The number of methoxy groups -OCH3 is 1. The van der Waals surface area contributed by atoms with Crippen molar-refractivity contribution in [2.45, 2.75) is 13.2 Å². The molecule has 0 saturated carbocycles. The third kappa shape index (κ3) is 3.86. The van der Waals surface area contributed by atoms with Crippen LogP contribution in [0.15, 0.2) is 53.0 Å². The van der Waals surface area contributed by atoms with Gasteiger partial charge in [-0.1, -0.05) is 40.2 Å². The quantitative estimate of drug-likeness (QED) is 0.825. The molecule has 2 aromatic carbocycles. The van der Waals surface area contributed by atoms with Crippen molar-refractivity contribution >= 4 is 15.9 Å². The van der Waals surface area contributed by atoms with E-state index in [2.05, 4.69) is 22.0 Å². The Morgan fingerprint density at radius 1 is 0.944 bits per heavy atom. The van der Waals surface area contributed by atoms with Crippen molar-refractivity contribution in [1.29, 1.82) is 0 Å². The summed E-state index contributed by atoms with van der Waals surface area (Å²) in [6, 6.07) is 16.1. The Morgan fingerprint density at radius 3 is 2.39 bits per heavy atom. The van der Waals surface area contributed by atoms with Crippen LogP contribution >= 0.6 is 15.9 Å². The highest BCUT2D eigenvalue weighted by Gasteiger charge is 1.98. The van der Waals surface area contributed by atoms with E-state index in [4.69, 9.17) is 9.47 Å². The van der Waals surface area contributed by atoms with E-state index in [1.54, 1.807) is 7.11 Å². The van der Waals surface area contributed by atoms with Crippen LogP contribution in [0.2, 0.25) is 0 Å². The average Bonchev–Trinajstić information content (AvgIpc) is 2.37. The molecule has 0 atom stereocenters. The van der Waals surface area contributed by atoms with Crippen LogP contribution in [0.4, 0.5) is 0 Å². The molecule has 3 heteroatoms. The molecule has 0 aliphatic carbocycles. The largest absolute Gasteiger partial charge is 0.489 e. The first-order valence-electron chi connectivity index (χ1n) is 5.73. The number of halogens is 1. The van der Waals surface area contributed by atoms with Gasteiger partial charge in [0.2, 0.25) is 0 Å². The van der Waals surface area contributed by atoms with E-state index in [1.165, 1.54) is 0 Å². The molecule has 0 aromatic heterocycles. The van der Waals surface area contributed by atoms with Crippen molar-refractivity contribution in [1.82, 2.24) is 0 Å². The Labute approximate surface area is 116 Å². The molecule has 0 aliphatic rings. The Bertz CT molecular complexity index is 511. The molecule has 0 radical (unpaired) electrons. The Balaban J connectivity index is 1.99. The summed E-state index contributed by atoms with van der Waals surface area (Å²) >= 11 is 3.45. The fourth-order valence-corrected chi connectivity index (χ4v) is 2.13. The van der Waals surface area contributed by atoms with Crippen molar-refractivity contribution in [3.8, 4) is 5.75 Å². The summed E-state index contributed by atoms with van der Waals surface area (Å²) in [6.07, 6.45) is 0. The predicted octanol–water partition coefficient (Wildman–Crippen LogP) is 4.17. The second-order valence-electron chi connectivity index (χ2n) is 4.00. The van der Waals surface area contributed by atoms with Crippen molar-refractivity contribution < 1.29 is 9.47 Å². The van der Waals surface area contributed by atoms with Gasteiger partial charge in [-0.2, -0.15) is 0 Å². The molecule has 0 bridgehead atoms. The number of benzene rings is 2. The van der Waals surface area contributed by atoms with Gasteiger partial charge in [-0.25, -0.2) is 0 Å². The van der Waals surface area contributed by atoms with E-state index < -0.39 is 0 Å². The van der Waals surface area contributed by atoms with Crippen LogP contribution in [0.3, 0.4) is 0 Å². The molecule has 2 nitrogen and oxygen atoms in total. The summed E-state index contributed by atoms with van der Waals surface area (Å²) in [5.41, 5.74) is 2.26. The van der Waals surface area contributed by atoms with Crippen molar-refractivity contribution in [3.63, 3.8) is 0 Å². The van der Waals surface area contributed by atoms with Gasteiger partial charge in [-0.3, -0.25) is 0 Å². The van der Waals surface area contributed by atoms with E-state index in [1.807, 2.05) is 42.5 Å². The minimum atomic E-state index is 0.565. The van der Waals surface area contributed by atoms with E-state index in [0.29, 0.717) is 13.2 Å². The first kappa shape index (κ1) is 13.1. The molecule has 2 aromatic rings. The van der Waals surface area contributed by atoms with E-state index in [9.17, 15) is 0 Å². The molecule has 0 unspecified atom stereocenters. The molecule has 2 rings (SSSR count). The van der Waals surface area contributed by atoms with Crippen LogP contribution < -0.4 is 4.74 Å². The smallest absolute Gasteiger partial charge is 0.120 e. The van der Waals surface area contributed by atoms with Gasteiger partial charge in [0.25, 0.3) is 0 Å². The molecule has 0 heterocycles. The molecule has 0 N–H and O–H groups in total. The molecule has 0 amide bonds. The first-order chi connectivity index (χ1) is 8.78.